The number of amides is 4. The maximum Gasteiger partial charge on any atom is 0.289 e. The molecule has 1 unspecified atom stereocenters. The predicted octanol–water partition coefficient (Wildman–Crippen LogP) is 1.92. The molecule has 4 amide bonds. The van der Waals surface area contributed by atoms with Crippen molar-refractivity contribution in [2.45, 2.75) is 83.8 Å². The highest BCUT2D eigenvalue weighted by Crippen LogP contribution is 2.23. The number of benzene rings is 1. The van der Waals surface area contributed by atoms with Crippen LogP contribution in [0.25, 0.3) is 0 Å². The largest absolute Gasteiger partial charge is 0.356 e. The van der Waals surface area contributed by atoms with Gasteiger partial charge in [0.1, 0.15) is 6.04 Å². The average Bonchev–Trinajstić information content (AvgIpc) is 3.59. The van der Waals surface area contributed by atoms with Gasteiger partial charge in [-0.05, 0) is 61.6 Å². The fourth-order valence-electron chi connectivity index (χ4n) is 4.51. The second kappa shape index (κ2) is 13.1. The van der Waals surface area contributed by atoms with Crippen LogP contribution in [0.4, 0.5) is 0 Å². The van der Waals surface area contributed by atoms with Crippen LogP contribution >= 0.6 is 11.6 Å². The average molecular weight is 558 g/mol. The summed E-state index contributed by atoms with van der Waals surface area (Å²) in [5.74, 6) is -3.31. The Morgan fingerprint density at radius 3 is 2.44 bits per heavy atom. The number of aryl methyl sites for hydroxylation is 1. The molecule has 1 aromatic carbocycles. The van der Waals surface area contributed by atoms with E-state index in [2.05, 4.69) is 27.3 Å². The van der Waals surface area contributed by atoms with Crippen molar-refractivity contribution < 1.29 is 24.0 Å². The molecule has 1 aliphatic carbocycles. The Morgan fingerprint density at radius 2 is 1.85 bits per heavy atom. The first-order valence-electron chi connectivity index (χ1n) is 13.3. The first-order chi connectivity index (χ1) is 18.4. The Balaban J connectivity index is 1.70. The predicted molar refractivity (Wildman–Crippen MR) is 144 cm³/mol. The number of halogens is 1. The summed E-state index contributed by atoms with van der Waals surface area (Å²) in [5.41, 5.74) is 0.685. The molecule has 2 aliphatic rings. The molecule has 0 spiro atoms. The molecule has 1 saturated carbocycles. The van der Waals surface area contributed by atoms with Crippen molar-refractivity contribution in [1.82, 2.24) is 21.3 Å². The minimum absolute atomic E-state index is 0.00180. The lowest BCUT2D eigenvalue weighted by Gasteiger charge is -2.28. The summed E-state index contributed by atoms with van der Waals surface area (Å²) in [4.78, 5) is 64.0. The lowest BCUT2D eigenvalue weighted by atomic mass is 9.87. The molecule has 0 aromatic heterocycles. The molecule has 4 N–H and O–H groups in total. The zero-order chi connectivity index (χ0) is 28.7. The number of ketones is 1. The van der Waals surface area contributed by atoms with Crippen molar-refractivity contribution in [3.05, 3.63) is 34.3 Å². The molecule has 0 radical (unpaired) electrons. The zero-order valence-corrected chi connectivity index (χ0v) is 23.3. The van der Waals surface area contributed by atoms with E-state index in [9.17, 15) is 29.2 Å². The van der Waals surface area contributed by atoms with Gasteiger partial charge < -0.3 is 21.3 Å². The van der Waals surface area contributed by atoms with Gasteiger partial charge in [-0.25, -0.2) is 0 Å². The van der Waals surface area contributed by atoms with E-state index in [-0.39, 0.29) is 43.0 Å². The number of carbonyl (C=O) groups is 5. The van der Waals surface area contributed by atoms with Gasteiger partial charge in [-0.15, -0.1) is 0 Å². The van der Waals surface area contributed by atoms with E-state index < -0.39 is 41.5 Å². The highest BCUT2D eigenvalue weighted by atomic mass is 35.5. The van der Waals surface area contributed by atoms with Gasteiger partial charge in [-0.1, -0.05) is 38.4 Å². The summed E-state index contributed by atoms with van der Waals surface area (Å²) in [7, 11) is 0. The van der Waals surface area contributed by atoms with E-state index in [0.717, 1.165) is 12.8 Å². The van der Waals surface area contributed by atoms with Crippen LogP contribution in [0, 0.1) is 22.7 Å². The number of nitrogens with zero attached hydrogens (tertiary/aromatic N) is 1. The number of hydrogen-bond acceptors (Lipinski definition) is 6. The van der Waals surface area contributed by atoms with Crippen LogP contribution in [-0.4, -0.2) is 54.1 Å². The Hall–Kier alpha value is -3.45. The zero-order valence-electron chi connectivity index (χ0n) is 22.6. The van der Waals surface area contributed by atoms with Gasteiger partial charge in [0.2, 0.25) is 23.5 Å². The second-order valence-electron chi connectivity index (χ2n) is 11.5. The first-order valence-corrected chi connectivity index (χ1v) is 13.6. The molecule has 10 nitrogen and oxygen atoms in total. The van der Waals surface area contributed by atoms with E-state index in [1.54, 1.807) is 12.1 Å². The van der Waals surface area contributed by atoms with Crippen molar-refractivity contribution in [3.8, 4) is 6.07 Å². The third-order valence-electron chi connectivity index (χ3n) is 6.73. The molecule has 1 aliphatic heterocycles. The molecule has 3 atom stereocenters. The number of rotatable bonds is 12. The van der Waals surface area contributed by atoms with Crippen molar-refractivity contribution in [2.24, 2.45) is 11.3 Å². The van der Waals surface area contributed by atoms with Gasteiger partial charge >= 0.3 is 0 Å². The van der Waals surface area contributed by atoms with Crippen LogP contribution in [0.5, 0.6) is 0 Å². The molecular weight excluding hydrogens is 522 g/mol. The molecule has 1 saturated heterocycles. The Morgan fingerprint density at radius 1 is 1.13 bits per heavy atom. The van der Waals surface area contributed by atoms with Crippen LogP contribution in [-0.2, 0) is 30.4 Å². The second-order valence-corrected chi connectivity index (χ2v) is 11.9. The number of nitriles is 1. The number of carbonyl (C=O) groups excluding carboxylic acids is 5. The van der Waals surface area contributed by atoms with E-state index >= 15 is 0 Å². The van der Waals surface area contributed by atoms with Crippen molar-refractivity contribution in [1.29, 1.82) is 5.26 Å². The smallest absolute Gasteiger partial charge is 0.289 e. The summed E-state index contributed by atoms with van der Waals surface area (Å²) >= 11 is 5.95. The highest BCUT2D eigenvalue weighted by Gasteiger charge is 2.37. The fraction of sp³-hybridized carbons (Fsp3) is 0.571. The molecule has 1 aromatic rings. The van der Waals surface area contributed by atoms with E-state index in [1.165, 1.54) is 6.07 Å². The van der Waals surface area contributed by atoms with Gasteiger partial charge in [-0.3, -0.25) is 24.0 Å². The van der Waals surface area contributed by atoms with Gasteiger partial charge in [0, 0.05) is 29.9 Å². The molecule has 210 valence electrons. The summed E-state index contributed by atoms with van der Waals surface area (Å²) < 4.78 is 0. The lowest BCUT2D eigenvalue weighted by molar-refractivity contribution is -0.141. The van der Waals surface area contributed by atoms with E-state index in [1.807, 2.05) is 20.8 Å². The molecule has 0 bridgehead atoms. The summed E-state index contributed by atoms with van der Waals surface area (Å²) in [6, 6.07) is 4.72. The Bertz CT molecular complexity index is 1170. The topological polar surface area (TPSA) is 157 Å². The van der Waals surface area contributed by atoms with Crippen LogP contribution in [0.3, 0.4) is 0 Å². The van der Waals surface area contributed by atoms with E-state index in [4.69, 9.17) is 11.6 Å². The van der Waals surface area contributed by atoms with Gasteiger partial charge in [0.05, 0.1) is 17.7 Å². The maximum atomic E-state index is 13.4. The number of Topliss-reactive ketones (excluding diaryl/α,β-unsaturated/α-hetero) is 1. The van der Waals surface area contributed by atoms with Gasteiger partial charge in [0.15, 0.2) is 0 Å². The summed E-state index contributed by atoms with van der Waals surface area (Å²) in [5, 5.41) is 20.6. The Labute approximate surface area is 233 Å². The van der Waals surface area contributed by atoms with Crippen LogP contribution in [0.2, 0.25) is 5.02 Å². The third-order valence-corrected chi connectivity index (χ3v) is 6.97. The summed E-state index contributed by atoms with van der Waals surface area (Å²) in [6.07, 6.45) is 2.67. The highest BCUT2D eigenvalue weighted by molar-refractivity contribution is 6.38. The standard InChI is InChI=1S/C28H36ClN5O5/c1-28(2,3)14-22(33-23(35)9-5-16-4-6-19(29)12-18(16)15-30)26(38)34-21(13-17-10-11-31-25(17)37)24(36)27(39)32-20-7-8-20/h4,6,12,17,20-22H,5,7-11,13-14H2,1-3H3,(H,31,37)(H,32,39)(H,33,35)(H,34,38)/t17-,21?,22-/m0/s1. The monoisotopic (exact) mass is 557 g/mol. The molecule has 39 heavy (non-hydrogen) atoms. The third kappa shape index (κ3) is 9.36. The fourth-order valence-corrected chi connectivity index (χ4v) is 4.68. The molecule has 11 heteroatoms. The minimum Gasteiger partial charge on any atom is -0.356 e. The first kappa shape index (κ1) is 30.1. The number of hydrogen-bond donors (Lipinski definition) is 4. The normalized spacial score (nSPS) is 18.3. The Kier molecular flexibility index (Phi) is 10.1. The molecular formula is C28H36ClN5O5. The van der Waals surface area contributed by atoms with Crippen molar-refractivity contribution in [2.75, 3.05) is 6.54 Å². The quantitative estimate of drug-likeness (QED) is 0.287. The van der Waals surface area contributed by atoms with E-state index in [0.29, 0.717) is 29.1 Å². The number of nitrogens with one attached hydrogen (secondary N) is 4. The molecule has 1 heterocycles. The van der Waals surface area contributed by atoms with Crippen LogP contribution in [0.1, 0.15) is 70.4 Å². The molecule has 2 fully saturated rings. The van der Waals surface area contributed by atoms with Crippen LogP contribution < -0.4 is 21.3 Å². The van der Waals surface area contributed by atoms with Gasteiger partial charge in [0.25, 0.3) is 5.91 Å². The lowest BCUT2D eigenvalue weighted by Crippen LogP contribution is -2.55. The van der Waals surface area contributed by atoms with Crippen molar-refractivity contribution in [3.63, 3.8) is 0 Å². The van der Waals surface area contributed by atoms with Crippen LogP contribution in [0.15, 0.2) is 18.2 Å². The summed E-state index contributed by atoms with van der Waals surface area (Å²) in [6.45, 7) is 6.22. The molecule has 3 rings (SSSR count). The minimum atomic E-state index is -1.20. The maximum absolute atomic E-state index is 13.4. The van der Waals surface area contributed by atoms with Crippen molar-refractivity contribution >= 4 is 41.0 Å². The van der Waals surface area contributed by atoms with Gasteiger partial charge in [-0.2, -0.15) is 5.26 Å². The SMILES string of the molecule is CC(C)(C)C[C@H](NC(=O)CCc1ccc(Cl)cc1C#N)C(=O)NC(C[C@@H]1CCNC1=O)C(=O)C(=O)NC1CC1.